The van der Waals surface area contributed by atoms with Crippen molar-refractivity contribution in [2.45, 2.75) is 13.0 Å². The molecule has 16 heavy (non-hydrogen) atoms. The van der Waals surface area contributed by atoms with Crippen molar-refractivity contribution in [3.8, 4) is 0 Å². The van der Waals surface area contributed by atoms with Crippen LogP contribution in [0, 0.1) is 6.92 Å². The van der Waals surface area contributed by atoms with Crippen molar-refractivity contribution >= 4 is 26.8 Å². The first-order valence-electron chi connectivity index (χ1n) is 5.15. The Bertz CT molecular complexity index is 503. The maximum absolute atomic E-state index is 9.19. The van der Waals surface area contributed by atoms with Crippen molar-refractivity contribution in [3.63, 3.8) is 0 Å². The lowest BCUT2D eigenvalue weighted by molar-refractivity contribution is 0.157. The van der Waals surface area contributed by atoms with Crippen molar-refractivity contribution in [3.05, 3.63) is 34.4 Å². The SMILES string of the molecule is Cc1cc2c(ccn2C(CO)CO)cc1Br. The summed E-state index contributed by atoms with van der Waals surface area (Å²) in [5, 5.41) is 19.5. The number of benzene rings is 1. The minimum atomic E-state index is -0.266. The normalized spacial score (nSPS) is 11.6. The van der Waals surface area contributed by atoms with Crippen LogP contribution >= 0.6 is 15.9 Å². The summed E-state index contributed by atoms with van der Waals surface area (Å²) in [6.45, 7) is 1.90. The highest BCUT2D eigenvalue weighted by atomic mass is 79.9. The summed E-state index contributed by atoms with van der Waals surface area (Å²) in [6.07, 6.45) is 1.90. The summed E-state index contributed by atoms with van der Waals surface area (Å²) >= 11 is 3.49. The Kier molecular flexibility index (Phi) is 3.33. The summed E-state index contributed by atoms with van der Waals surface area (Å²) in [6, 6.07) is 5.82. The van der Waals surface area contributed by atoms with E-state index in [0.717, 1.165) is 20.9 Å². The predicted molar refractivity (Wildman–Crippen MR) is 67.6 cm³/mol. The van der Waals surface area contributed by atoms with E-state index in [1.165, 1.54) is 0 Å². The molecule has 1 heterocycles. The van der Waals surface area contributed by atoms with E-state index in [0.29, 0.717) is 0 Å². The molecule has 0 fully saturated rings. The molecule has 0 unspecified atom stereocenters. The van der Waals surface area contributed by atoms with E-state index < -0.39 is 0 Å². The molecule has 0 atom stereocenters. The van der Waals surface area contributed by atoms with Gasteiger partial charge in [-0.3, -0.25) is 0 Å². The van der Waals surface area contributed by atoms with Gasteiger partial charge < -0.3 is 14.8 Å². The Balaban J connectivity index is 2.59. The zero-order chi connectivity index (χ0) is 11.7. The minimum absolute atomic E-state index is 0.0601. The van der Waals surface area contributed by atoms with Crippen LogP contribution in [0.1, 0.15) is 11.6 Å². The maximum Gasteiger partial charge on any atom is 0.0798 e. The third kappa shape index (κ3) is 1.88. The first-order chi connectivity index (χ1) is 7.67. The number of rotatable bonds is 3. The second-order valence-electron chi connectivity index (χ2n) is 3.90. The molecule has 2 N–H and O–H groups in total. The van der Waals surface area contributed by atoms with Crippen LogP contribution in [0.5, 0.6) is 0 Å². The fourth-order valence-electron chi connectivity index (χ4n) is 1.83. The van der Waals surface area contributed by atoms with Gasteiger partial charge in [0.2, 0.25) is 0 Å². The molecule has 1 aromatic carbocycles. The Hall–Kier alpha value is -0.840. The molecule has 0 amide bonds. The average molecular weight is 284 g/mol. The van der Waals surface area contributed by atoms with Crippen LogP contribution in [0.3, 0.4) is 0 Å². The number of fused-ring (bicyclic) bond motifs is 1. The second-order valence-corrected chi connectivity index (χ2v) is 4.76. The van der Waals surface area contributed by atoms with Crippen molar-refractivity contribution in [1.29, 1.82) is 0 Å². The van der Waals surface area contributed by atoms with E-state index >= 15 is 0 Å². The summed E-state index contributed by atoms with van der Waals surface area (Å²) in [5.74, 6) is 0. The van der Waals surface area contributed by atoms with Crippen molar-refractivity contribution < 1.29 is 10.2 Å². The highest BCUT2D eigenvalue weighted by Gasteiger charge is 2.11. The molecule has 0 saturated heterocycles. The molecule has 0 bridgehead atoms. The fourth-order valence-corrected chi connectivity index (χ4v) is 2.19. The number of halogens is 1. The summed E-state index contributed by atoms with van der Waals surface area (Å²) < 4.78 is 2.98. The molecule has 4 heteroatoms. The number of nitrogens with zero attached hydrogens (tertiary/aromatic N) is 1. The van der Waals surface area contributed by atoms with E-state index in [4.69, 9.17) is 0 Å². The molecular formula is C12H14BrNO2. The monoisotopic (exact) mass is 283 g/mol. The molecule has 3 nitrogen and oxygen atoms in total. The summed E-state index contributed by atoms with van der Waals surface area (Å²) in [5.41, 5.74) is 2.18. The second kappa shape index (κ2) is 4.57. The lowest BCUT2D eigenvalue weighted by Gasteiger charge is -2.15. The summed E-state index contributed by atoms with van der Waals surface area (Å²) in [7, 11) is 0. The molecule has 0 aliphatic rings. The van der Waals surface area contributed by atoms with Gasteiger partial charge in [-0.25, -0.2) is 0 Å². The first-order valence-corrected chi connectivity index (χ1v) is 5.95. The largest absolute Gasteiger partial charge is 0.394 e. The van der Waals surface area contributed by atoms with Crippen LogP contribution in [0.2, 0.25) is 0 Å². The van der Waals surface area contributed by atoms with Crippen LogP contribution in [0.15, 0.2) is 28.9 Å². The number of aryl methyl sites for hydroxylation is 1. The molecule has 0 aliphatic heterocycles. The lowest BCUT2D eigenvalue weighted by atomic mass is 10.2. The van der Waals surface area contributed by atoms with Crippen LogP contribution in [-0.4, -0.2) is 28.0 Å². The first kappa shape index (κ1) is 11.6. The molecule has 2 aromatic rings. The number of aliphatic hydroxyl groups excluding tert-OH is 2. The third-order valence-corrected chi connectivity index (χ3v) is 3.67. The Morgan fingerprint density at radius 1 is 1.31 bits per heavy atom. The number of hydrogen-bond acceptors (Lipinski definition) is 2. The fraction of sp³-hybridized carbons (Fsp3) is 0.333. The van der Waals surface area contributed by atoms with Crippen LogP contribution < -0.4 is 0 Å². The van der Waals surface area contributed by atoms with Gasteiger partial charge in [-0.2, -0.15) is 0 Å². The van der Waals surface area contributed by atoms with E-state index in [1.807, 2.05) is 29.8 Å². The maximum atomic E-state index is 9.19. The van der Waals surface area contributed by atoms with Crippen LogP contribution in [-0.2, 0) is 0 Å². The van der Waals surface area contributed by atoms with Gasteiger partial charge in [0, 0.05) is 21.6 Å². The Morgan fingerprint density at radius 3 is 2.62 bits per heavy atom. The Morgan fingerprint density at radius 2 is 2.00 bits per heavy atom. The topological polar surface area (TPSA) is 45.4 Å². The predicted octanol–water partition coefficient (Wildman–Crippen LogP) is 2.24. The van der Waals surface area contributed by atoms with E-state index in [9.17, 15) is 10.2 Å². The molecule has 0 saturated carbocycles. The van der Waals surface area contributed by atoms with Gasteiger partial charge >= 0.3 is 0 Å². The van der Waals surface area contributed by atoms with Crippen LogP contribution in [0.25, 0.3) is 10.9 Å². The molecule has 1 aromatic heterocycles. The van der Waals surface area contributed by atoms with Crippen molar-refractivity contribution in [2.75, 3.05) is 13.2 Å². The highest BCUT2D eigenvalue weighted by Crippen LogP contribution is 2.26. The van der Waals surface area contributed by atoms with Gasteiger partial charge in [0.15, 0.2) is 0 Å². The van der Waals surface area contributed by atoms with Gasteiger partial charge in [-0.1, -0.05) is 15.9 Å². The smallest absolute Gasteiger partial charge is 0.0798 e. The molecule has 86 valence electrons. The van der Waals surface area contributed by atoms with Gasteiger partial charge in [0.25, 0.3) is 0 Å². The summed E-state index contributed by atoms with van der Waals surface area (Å²) in [4.78, 5) is 0. The van der Waals surface area contributed by atoms with Crippen molar-refractivity contribution in [1.82, 2.24) is 4.57 Å². The van der Waals surface area contributed by atoms with E-state index in [2.05, 4.69) is 22.0 Å². The third-order valence-electron chi connectivity index (χ3n) is 2.82. The van der Waals surface area contributed by atoms with Crippen molar-refractivity contribution in [2.24, 2.45) is 0 Å². The van der Waals surface area contributed by atoms with E-state index in [1.54, 1.807) is 0 Å². The lowest BCUT2D eigenvalue weighted by Crippen LogP contribution is -2.16. The zero-order valence-electron chi connectivity index (χ0n) is 9.02. The molecule has 0 aliphatic carbocycles. The van der Waals surface area contributed by atoms with Gasteiger partial charge in [0.05, 0.1) is 19.3 Å². The minimum Gasteiger partial charge on any atom is -0.394 e. The molecule has 0 spiro atoms. The van der Waals surface area contributed by atoms with Gasteiger partial charge in [-0.05, 0) is 30.7 Å². The number of aliphatic hydroxyl groups is 2. The highest BCUT2D eigenvalue weighted by molar-refractivity contribution is 9.10. The van der Waals surface area contributed by atoms with Gasteiger partial charge in [0.1, 0.15) is 0 Å². The number of aromatic nitrogens is 1. The standard InChI is InChI=1S/C12H14BrNO2/c1-8-4-12-9(5-11(8)13)2-3-14(12)10(6-15)7-16/h2-5,10,15-16H,6-7H2,1H3. The van der Waals surface area contributed by atoms with Crippen LogP contribution in [0.4, 0.5) is 0 Å². The quantitative estimate of drug-likeness (QED) is 0.908. The van der Waals surface area contributed by atoms with E-state index in [-0.39, 0.29) is 19.3 Å². The molecule has 2 rings (SSSR count). The van der Waals surface area contributed by atoms with Gasteiger partial charge in [-0.15, -0.1) is 0 Å². The zero-order valence-corrected chi connectivity index (χ0v) is 10.6. The Labute approximate surface area is 102 Å². The number of hydrogen-bond donors (Lipinski definition) is 2. The molecule has 0 radical (unpaired) electrons. The molecular weight excluding hydrogens is 270 g/mol. The average Bonchev–Trinajstić information content (AvgIpc) is 2.65.